The molecule has 2 N–H and O–H groups in total. The molecule has 0 saturated carbocycles. The van der Waals surface area contributed by atoms with Gasteiger partial charge < -0.3 is 5.73 Å². The Hall–Kier alpha value is -1.07. The number of rotatable bonds is 3. The molecule has 1 unspecified atom stereocenters. The van der Waals surface area contributed by atoms with Crippen LogP contribution >= 0.6 is 0 Å². The number of alkyl halides is 3. The highest BCUT2D eigenvalue weighted by Crippen LogP contribution is 2.32. The third kappa shape index (κ3) is 3.33. The van der Waals surface area contributed by atoms with E-state index in [9.17, 15) is 13.2 Å². The first kappa shape index (κ1) is 15.3. The van der Waals surface area contributed by atoms with Gasteiger partial charge in [-0.15, -0.1) is 0 Å². The molecule has 1 fully saturated rings. The van der Waals surface area contributed by atoms with Crippen molar-refractivity contribution in [2.24, 2.45) is 11.1 Å². The van der Waals surface area contributed by atoms with Gasteiger partial charge in [0.1, 0.15) is 0 Å². The predicted octanol–water partition coefficient (Wildman–Crippen LogP) is 3.18. The molecule has 1 saturated heterocycles. The standard InChI is InChI=1S/C15H21F3N2/c1-11-7-13(15(16,17)18)4-3-12(11)8-20-6-5-14(2,9-19)10-20/h3-4,7H,5-6,8-10,19H2,1-2H3. The fraction of sp³-hybridized carbons (Fsp3) is 0.600. The molecule has 0 bridgehead atoms. The summed E-state index contributed by atoms with van der Waals surface area (Å²) in [5.74, 6) is 0. The average Bonchev–Trinajstić information content (AvgIpc) is 2.73. The Bertz CT molecular complexity index is 484. The number of aryl methyl sites for hydroxylation is 1. The van der Waals surface area contributed by atoms with Gasteiger partial charge in [-0.1, -0.05) is 13.0 Å². The fourth-order valence-electron chi connectivity index (χ4n) is 2.72. The number of nitrogens with two attached hydrogens (primary N) is 1. The lowest BCUT2D eigenvalue weighted by atomic mass is 9.90. The Morgan fingerprint density at radius 3 is 2.55 bits per heavy atom. The molecule has 0 aromatic heterocycles. The van der Waals surface area contributed by atoms with Crippen molar-refractivity contribution < 1.29 is 13.2 Å². The smallest absolute Gasteiger partial charge is 0.330 e. The minimum atomic E-state index is -4.27. The molecule has 1 heterocycles. The van der Waals surface area contributed by atoms with E-state index in [-0.39, 0.29) is 5.41 Å². The van der Waals surface area contributed by atoms with Crippen LogP contribution in [0.4, 0.5) is 13.2 Å². The van der Waals surface area contributed by atoms with Crippen LogP contribution in [-0.2, 0) is 12.7 Å². The van der Waals surface area contributed by atoms with Crippen LogP contribution in [0.1, 0.15) is 30.0 Å². The second-order valence-corrected chi connectivity index (χ2v) is 6.11. The van der Waals surface area contributed by atoms with Gasteiger partial charge in [0.25, 0.3) is 0 Å². The van der Waals surface area contributed by atoms with E-state index in [1.807, 2.05) is 0 Å². The molecule has 0 spiro atoms. The van der Waals surface area contributed by atoms with Crippen LogP contribution in [0.2, 0.25) is 0 Å². The molecular formula is C15H21F3N2. The van der Waals surface area contributed by atoms with Crippen LogP contribution in [0.3, 0.4) is 0 Å². The van der Waals surface area contributed by atoms with Gasteiger partial charge in [0.15, 0.2) is 0 Å². The van der Waals surface area contributed by atoms with E-state index in [2.05, 4.69) is 11.8 Å². The highest BCUT2D eigenvalue weighted by molar-refractivity contribution is 5.32. The Kier molecular flexibility index (Phi) is 4.12. The first-order valence-electron chi connectivity index (χ1n) is 6.83. The van der Waals surface area contributed by atoms with Gasteiger partial charge in [-0.05, 0) is 55.1 Å². The summed E-state index contributed by atoms with van der Waals surface area (Å²) in [6.45, 7) is 7.10. The molecular weight excluding hydrogens is 265 g/mol. The SMILES string of the molecule is Cc1cc(C(F)(F)F)ccc1CN1CCC(C)(CN)C1. The molecule has 1 aromatic rings. The Labute approximate surface area is 117 Å². The van der Waals surface area contributed by atoms with Crippen molar-refractivity contribution in [2.45, 2.75) is 33.0 Å². The van der Waals surface area contributed by atoms with Gasteiger partial charge in [-0.3, -0.25) is 4.90 Å². The summed E-state index contributed by atoms with van der Waals surface area (Å²) in [5.41, 5.74) is 6.98. The van der Waals surface area contributed by atoms with Crippen molar-refractivity contribution in [2.75, 3.05) is 19.6 Å². The zero-order chi connectivity index (χ0) is 15.0. The molecule has 1 aliphatic rings. The van der Waals surface area contributed by atoms with E-state index in [4.69, 9.17) is 5.73 Å². The molecule has 0 amide bonds. The predicted molar refractivity (Wildman–Crippen MR) is 73.2 cm³/mol. The zero-order valence-corrected chi connectivity index (χ0v) is 11.9. The fourth-order valence-corrected chi connectivity index (χ4v) is 2.72. The van der Waals surface area contributed by atoms with Crippen LogP contribution in [-0.4, -0.2) is 24.5 Å². The summed E-state index contributed by atoms with van der Waals surface area (Å²) >= 11 is 0. The lowest BCUT2D eigenvalue weighted by Crippen LogP contribution is -2.31. The normalized spacial score (nSPS) is 24.3. The van der Waals surface area contributed by atoms with Crippen molar-refractivity contribution in [3.8, 4) is 0 Å². The zero-order valence-electron chi connectivity index (χ0n) is 11.9. The number of likely N-dealkylation sites (tertiary alicyclic amines) is 1. The monoisotopic (exact) mass is 286 g/mol. The first-order chi connectivity index (χ1) is 9.23. The van der Waals surface area contributed by atoms with E-state index in [1.54, 1.807) is 13.0 Å². The van der Waals surface area contributed by atoms with Crippen LogP contribution in [0.15, 0.2) is 18.2 Å². The van der Waals surface area contributed by atoms with Crippen LogP contribution in [0, 0.1) is 12.3 Å². The molecule has 0 aliphatic carbocycles. The average molecular weight is 286 g/mol. The van der Waals surface area contributed by atoms with Gasteiger partial charge >= 0.3 is 6.18 Å². The highest BCUT2D eigenvalue weighted by Gasteiger charge is 2.33. The van der Waals surface area contributed by atoms with Gasteiger partial charge in [0.05, 0.1) is 5.56 Å². The van der Waals surface area contributed by atoms with Crippen LogP contribution in [0.5, 0.6) is 0 Å². The van der Waals surface area contributed by atoms with Crippen molar-refractivity contribution >= 4 is 0 Å². The molecule has 2 rings (SSSR count). The van der Waals surface area contributed by atoms with E-state index in [1.165, 1.54) is 12.1 Å². The van der Waals surface area contributed by atoms with E-state index in [0.29, 0.717) is 18.7 Å². The summed E-state index contributed by atoms with van der Waals surface area (Å²) in [5, 5.41) is 0. The number of halogens is 3. The molecule has 2 nitrogen and oxygen atoms in total. The second kappa shape index (κ2) is 5.37. The minimum Gasteiger partial charge on any atom is -0.330 e. The summed E-state index contributed by atoms with van der Waals surface area (Å²) < 4.78 is 37.9. The van der Waals surface area contributed by atoms with E-state index in [0.717, 1.165) is 25.1 Å². The number of hydrogen-bond donors (Lipinski definition) is 1. The van der Waals surface area contributed by atoms with Gasteiger partial charge in [-0.25, -0.2) is 0 Å². The number of nitrogens with zero attached hydrogens (tertiary/aromatic N) is 1. The van der Waals surface area contributed by atoms with Crippen molar-refractivity contribution in [3.05, 3.63) is 34.9 Å². The molecule has 0 radical (unpaired) electrons. The molecule has 1 aliphatic heterocycles. The van der Waals surface area contributed by atoms with E-state index >= 15 is 0 Å². The van der Waals surface area contributed by atoms with Gasteiger partial charge in [0.2, 0.25) is 0 Å². The summed E-state index contributed by atoms with van der Waals surface area (Å²) in [4.78, 5) is 2.27. The number of hydrogen-bond acceptors (Lipinski definition) is 2. The molecule has 1 aromatic carbocycles. The summed E-state index contributed by atoms with van der Waals surface area (Å²) in [6.07, 6.45) is -3.22. The van der Waals surface area contributed by atoms with Crippen LogP contribution < -0.4 is 5.73 Å². The van der Waals surface area contributed by atoms with Crippen molar-refractivity contribution in [1.29, 1.82) is 0 Å². The Morgan fingerprint density at radius 2 is 2.05 bits per heavy atom. The van der Waals surface area contributed by atoms with E-state index < -0.39 is 11.7 Å². The minimum absolute atomic E-state index is 0.139. The maximum absolute atomic E-state index is 12.6. The van der Waals surface area contributed by atoms with Crippen LogP contribution in [0.25, 0.3) is 0 Å². The number of benzene rings is 1. The second-order valence-electron chi connectivity index (χ2n) is 6.11. The lowest BCUT2D eigenvalue weighted by molar-refractivity contribution is -0.137. The maximum atomic E-state index is 12.6. The topological polar surface area (TPSA) is 29.3 Å². The highest BCUT2D eigenvalue weighted by atomic mass is 19.4. The van der Waals surface area contributed by atoms with Gasteiger partial charge in [0, 0.05) is 13.1 Å². The molecule has 20 heavy (non-hydrogen) atoms. The quantitative estimate of drug-likeness (QED) is 0.924. The van der Waals surface area contributed by atoms with Crippen molar-refractivity contribution in [3.63, 3.8) is 0 Å². The molecule has 1 atom stereocenters. The Balaban J connectivity index is 2.08. The third-order valence-electron chi connectivity index (χ3n) is 4.19. The first-order valence-corrected chi connectivity index (χ1v) is 6.83. The summed E-state index contributed by atoms with van der Waals surface area (Å²) in [6, 6.07) is 3.99. The molecule has 5 heteroatoms. The lowest BCUT2D eigenvalue weighted by Gasteiger charge is -2.23. The summed E-state index contributed by atoms with van der Waals surface area (Å²) in [7, 11) is 0. The third-order valence-corrected chi connectivity index (χ3v) is 4.19. The van der Waals surface area contributed by atoms with Gasteiger partial charge in [-0.2, -0.15) is 13.2 Å². The van der Waals surface area contributed by atoms with Crippen molar-refractivity contribution in [1.82, 2.24) is 4.90 Å². The maximum Gasteiger partial charge on any atom is 0.416 e. The largest absolute Gasteiger partial charge is 0.416 e. The molecule has 112 valence electrons. The Morgan fingerprint density at radius 1 is 1.35 bits per heavy atom.